The number of aliphatic hydroxyl groups excluding tert-OH is 1. The fourth-order valence-electron chi connectivity index (χ4n) is 2.56. The lowest BCUT2D eigenvalue weighted by atomic mass is 10.2. The molecular weight excluding hydrogens is 394 g/mol. The van der Waals surface area contributed by atoms with E-state index in [9.17, 15) is 19.5 Å². The van der Waals surface area contributed by atoms with Crippen molar-refractivity contribution >= 4 is 34.6 Å². The van der Waals surface area contributed by atoms with Crippen molar-refractivity contribution in [3.05, 3.63) is 60.2 Å². The average molecular weight is 415 g/mol. The van der Waals surface area contributed by atoms with Crippen LogP contribution in [0.15, 0.2) is 54.6 Å². The van der Waals surface area contributed by atoms with Crippen LogP contribution in [0.3, 0.4) is 0 Å². The van der Waals surface area contributed by atoms with Gasteiger partial charge in [0.1, 0.15) is 18.5 Å². The van der Waals surface area contributed by atoms with E-state index < -0.39 is 12.1 Å². The third-order valence-electron chi connectivity index (χ3n) is 4.08. The summed E-state index contributed by atoms with van der Waals surface area (Å²) in [4.78, 5) is 36.4. The standard InChI is InChI=1S/C20H21N3O5S/c24-16(12-28-17-4-2-1-3-5-17)10-21-19(26)22-15-8-6-14(7-9-15)11-23-18(25)13-29-20(23)27/h1-9,16,24H,10-13H2,(H2,21,22,26). The highest BCUT2D eigenvalue weighted by atomic mass is 32.2. The summed E-state index contributed by atoms with van der Waals surface area (Å²) in [5.74, 6) is 0.629. The van der Waals surface area contributed by atoms with Crippen LogP contribution in [0.1, 0.15) is 5.56 Å². The summed E-state index contributed by atoms with van der Waals surface area (Å²) in [7, 11) is 0. The van der Waals surface area contributed by atoms with Crippen molar-refractivity contribution in [1.29, 1.82) is 0 Å². The minimum atomic E-state index is -0.850. The van der Waals surface area contributed by atoms with Crippen LogP contribution in [0.25, 0.3) is 0 Å². The highest BCUT2D eigenvalue weighted by Gasteiger charge is 2.29. The van der Waals surface area contributed by atoms with E-state index in [0.717, 1.165) is 17.3 Å². The van der Waals surface area contributed by atoms with Crippen molar-refractivity contribution in [2.24, 2.45) is 0 Å². The number of carbonyl (C=O) groups excluding carboxylic acids is 3. The molecule has 8 nitrogen and oxygen atoms in total. The average Bonchev–Trinajstić information content (AvgIpc) is 3.05. The van der Waals surface area contributed by atoms with Gasteiger partial charge in [-0.3, -0.25) is 14.5 Å². The molecule has 0 bridgehead atoms. The number of hydrogen-bond acceptors (Lipinski definition) is 6. The van der Waals surface area contributed by atoms with Gasteiger partial charge in [0.15, 0.2) is 0 Å². The molecule has 1 unspecified atom stereocenters. The molecule has 0 saturated carbocycles. The molecule has 152 valence electrons. The van der Waals surface area contributed by atoms with E-state index >= 15 is 0 Å². The maximum absolute atomic E-state index is 12.0. The zero-order valence-electron chi connectivity index (χ0n) is 15.5. The normalized spacial score (nSPS) is 14.6. The molecule has 9 heteroatoms. The number of para-hydroxylation sites is 1. The van der Waals surface area contributed by atoms with E-state index in [2.05, 4.69) is 10.6 Å². The summed E-state index contributed by atoms with van der Waals surface area (Å²) >= 11 is 0.997. The number of thioether (sulfide) groups is 1. The minimum absolute atomic E-state index is 0.0353. The molecular formula is C20H21N3O5S. The van der Waals surface area contributed by atoms with Gasteiger partial charge in [-0.05, 0) is 29.8 Å². The molecule has 1 atom stereocenters. The summed E-state index contributed by atoms with van der Waals surface area (Å²) in [5, 5.41) is 14.9. The highest BCUT2D eigenvalue weighted by Crippen LogP contribution is 2.21. The van der Waals surface area contributed by atoms with E-state index in [1.807, 2.05) is 18.2 Å². The Balaban J connectivity index is 1.40. The van der Waals surface area contributed by atoms with E-state index in [-0.39, 0.29) is 36.6 Å². The predicted octanol–water partition coefficient (Wildman–Crippen LogP) is 2.44. The maximum Gasteiger partial charge on any atom is 0.319 e. The van der Waals surface area contributed by atoms with Crippen molar-refractivity contribution < 1.29 is 24.2 Å². The van der Waals surface area contributed by atoms with Gasteiger partial charge in [0.25, 0.3) is 5.24 Å². The van der Waals surface area contributed by atoms with Gasteiger partial charge in [0, 0.05) is 12.2 Å². The zero-order valence-corrected chi connectivity index (χ0v) is 16.4. The van der Waals surface area contributed by atoms with Crippen LogP contribution in [0.5, 0.6) is 5.75 Å². The molecule has 3 rings (SSSR count). The lowest BCUT2D eigenvalue weighted by Gasteiger charge is -2.14. The third kappa shape index (κ3) is 6.23. The second-order valence-electron chi connectivity index (χ2n) is 6.34. The molecule has 1 aliphatic rings. The number of nitrogens with zero attached hydrogens (tertiary/aromatic N) is 1. The first-order chi connectivity index (χ1) is 14.0. The van der Waals surface area contributed by atoms with Crippen molar-refractivity contribution in [2.75, 3.05) is 24.2 Å². The van der Waals surface area contributed by atoms with Gasteiger partial charge in [0.05, 0.1) is 12.3 Å². The first kappa shape index (κ1) is 20.7. The molecule has 0 spiro atoms. The highest BCUT2D eigenvalue weighted by molar-refractivity contribution is 8.14. The molecule has 1 aliphatic heterocycles. The first-order valence-corrected chi connectivity index (χ1v) is 9.96. The van der Waals surface area contributed by atoms with Crippen molar-refractivity contribution in [2.45, 2.75) is 12.6 Å². The van der Waals surface area contributed by atoms with Gasteiger partial charge >= 0.3 is 6.03 Å². The number of ether oxygens (including phenoxy) is 1. The summed E-state index contributed by atoms with van der Waals surface area (Å²) in [5.41, 5.74) is 1.34. The summed E-state index contributed by atoms with van der Waals surface area (Å²) in [6.45, 7) is 0.309. The van der Waals surface area contributed by atoms with Gasteiger partial charge in [-0.15, -0.1) is 0 Å². The lowest BCUT2D eigenvalue weighted by Crippen LogP contribution is -2.37. The number of urea groups is 1. The smallest absolute Gasteiger partial charge is 0.319 e. The molecule has 3 N–H and O–H groups in total. The molecule has 29 heavy (non-hydrogen) atoms. The van der Waals surface area contributed by atoms with Crippen LogP contribution in [-0.4, -0.2) is 52.2 Å². The van der Waals surface area contributed by atoms with Crippen LogP contribution in [0.4, 0.5) is 15.3 Å². The Kier molecular flexibility index (Phi) is 7.09. The fraction of sp³-hybridized carbons (Fsp3) is 0.250. The summed E-state index contributed by atoms with van der Waals surface area (Å²) in [6.07, 6.45) is -0.850. The van der Waals surface area contributed by atoms with Crippen molar-refractivity contribution in [3.63, 3.8) is 0 Å². The molecule has 1 fully saturated rings. The van der Waals surface area contributed by atoms with Crippen LogP contribution < -0.4 is 15.4 Å². The number of aliphatic hydroxyl groups is 1. The molecule has 2 aromatic rings. The zero-order chi connectivity index (χ0) is 20.6. The Labute approximate surface area is 172 Å². The quantitative estimate of drug-likeness (QED) is 0.611. The number of nitrogens with one attached hydrogen (secondary N) is 2. The number of imide groups is 1. The Bertz CT molecular complexity index is 844. The molecule has 0 aromatic heterocycles. The first-order valence-electron chi connectivity index (χ1n) is 8.98. The number of carbonyl (C=O) groups is 3. The van der Waals surface area contributed by atoms with Crippen LogP contribution in [0.2, 0.25) is 0 Å². The largest absolute Gasteiger partial charge is 0.491 e. The Hall–Kier alpha value is -3.04. The second-order valence-corrected chi connectivity index (χ2v) is 7.27. The molecule has 4 amide bonds. The Morgan fingerprint density at radius 3 is 2.52 bits per heavy atom. The van der Waals surface area contributed by atoms with Gasteiger partial charge in [-0.25, -0.2) is 4.79 Å². The van der Waals surface area contributed by atoms with Crippen molar-refractivity contribution in [3.8, 4) is 5.75 Å². The fourth-order valence-corrected chi connectivity index (χ4v) is 3.29. The number of benzene rings is 2. The second kappa shape index (κ2) is 9.94. The van der Waals surface area contributed by atoms with Gasteiger partial charge in [-0.1, -0.05) is 42.1 Å². The van der Waals surface area contributed by atoms with Crippen LogP contribution in [0, 0.1) is 0 Å². The van der Waals surface area contributed by atoms with E-state index in [1.165, 1.54) is 4.90 Å². The Morgan fingerprint density at radius 1 is 1.14 bits per heavy atom. The predicted molar refractivity (Wildman–Crippen MR) is 110 cm³/mol. The molecule has 0 radical (unpaired) electrons. The van der Waals surface area contributed by atoms with Crippen LogP contribution >= 0.6 is 11.8 Å². The Morgan fingerprint density at radius 2 is 1.86 bits per heavy atom. The van der Waals surface area contributed by atoms with Gasteiger partial charge in [-0.2, -0.15) is 0 Å². The maximum atomic E-state index is 12.0. The van der Waals surface area contributed by atoms with E-state index in [0.29, 0.717) is 11.4 Å². The molecule has 0 aliphatic carbocycles. The molecule has 2 aromatic carbocycles. The third-order valence-corrected chi connectivity index (χ3v) is 4.94. The lowest BCUT2D eigenvalue weighted by molar-refractivity contribution is -0.125. The number of amides is 4. The van der Waals surface area contributed by atoms with Crippen molar-refractivity contribution in [1.82, 2.24) is 10.2 Å². The van der Waals surface area contributed by atoms with Crippen LogP contribution in [-0.2, 0) is 11.3 Å². The summed E-state index contributed by atoms with van der Waals surface area (Å²) in [6, 6.07) is 15.5. The monoisotopic (exact) mass is 415 g/mol. The van der Waals surface area contributed by atoms with Gasteiger partial charge in [0.2, 0.25) is 5.91 Å². The SMILES string of the molecule is O=C(NCC(O)COc1ccccc1)Nc1ccc(CN2C(=O)CSC2=O)cc1. The van der Waals surface area contributed by atoms with Gasteiger partial charge < -0.3 is 20.5 Å². The molecule has 1 heterocycles. The van der Waals surface area contributed by atoms with E-state index in [1.54, 1.807) is 36.4 Å². The molecule has 1 saturated heterocycles. The number of hydrogen-bond donors (Lipinski definition) is 3. The topological polar surface area (TPSA) is 108 Å². The number of rotatable bonds is 8. The van der Waals surface area contributed by atoms with E-state index in [4.69, 9.17) is 4.74 Å². The number of anilines is 1. The summed E-state index contributed by atoms with van der Waals surface area (Å²) < 4.78 is 5.43. The minimum Gasteiger partial charge on any atom is -0.491 e.